The summed E-state index contributed by atoms with van der Waals surface area (Å²) in [6.45, 7) is 3.91. The number of nitrogens with one attached hydrogen (secondary N) is 1. The summed E-state index contributed by atoms with van der Waals surface area (Å²) in [7, 11) is 0. The molecule has 0 aromatic heterocycles. The molecule has 0 aromatic carbocycles. The second-order valence-electron chi connectivity index (χ2n) is 5.68. The molecule has 0 heterocycles. The Morgan fingerprint density at radius 3 is 2.38 bits per heavy atom. The van der Waals surface area contributed by atoms with Gasteiger partial charge in [-0.2, -0.15) is 0 Å². The van der Waals surface area contributed by atoms with Crippen LogP contribution >= 0.6 is 0 Å². The van der Waals surface area contributed by atoms with Gasteiger partial charge < -0.3 is 5.32 Å². The molecule has 2 rings (SSSR count). The minimum atomic E-state index is 0.787. The number of hydrogen-bond acceptors (Lipinski definition) is 1. The van der Waals surface area contributed by atoms with Crippen molar-refractivity contribution in [2.45, 2.75) is 76.3 Å². The van der Waals surface area contributed by atoms with Gasteiger partial charge >= 0.3 is 0 Å². The normalized spacial score (nSPS) is 32.5. The Bertz CT molecular complexity index is 205. The first-order valence-corrected chi connectivity index (χ1v) is 7.27. The van der Waals surface area contributed by atoms with E-state index in [9.17, 15) is 0 Å². The van der Waals surface area contributed by atoms with Gasteiger partial charge in [0.1, 0.15) is 0 Å². The summed E-state index contributed by atoms with van der Waals surface area (Å²) in [6, 6.07) is 1.61. The number of allylic oxidation sites excluding steroid dienone is 1. The van der Waals surface area contributed by atoms with Gasteiger partial charge in [-0.25, -0.2) is 0 Å². The van der Waals surface area contributed by atoms with Crippen molar-refractivity contribution in [3.63, 3.8) is 0 Å². The van der Waals surface area contributed by atoms with E-state index in [0.29, 0.717) is 0 Å². The molecule has 1 heteroatoms. The summed E-state index contributed by atoms with van der Waals surface area (Å²) in [5.74, 6) is 0.869. The van der Waals surface area contributed by atoms with Crippen LogP contribution in [0.15, 0.2) is 12.7 Å². The molecule has 0 aliphatic heterocycles. The van der Waals surface area contributed by atoms with Gasteiger partial charge in [0.15, 0.2) is 0 Å². The van der Waals surface area contributed by atoms with Crippen LogP contribution in [0.1, 0.15) is 64.2 Å². The third kappa shape index (κ3) is 3.35. The molecule has 0 spiro atoms. The fourth-order valence-corrected chi connectivity index (χ4v) is 3.50. The maximum absolute atomic E-state index is 3.94. The smallest absolute Gasteiger partial charge is 0.0101 e. The van der Waals surface area contributed by atoms with Crippen LogP contribution in [0, 0.1) is 5.92 Å². The van der Waals surface area contributed by atoms with Gasteiger partial charge in [0, 0.05) is 12.1 Å². The van der Waals surface area contributed by atoms with Gasteiger partial charge in [-0.1, -0.05) is 38.2 Å². The third-order valence-corrected chi connectivity index (χ3v) is 4.43. The summed E-state index contributed by atoms with van der Waals surface area (Å²) < 4.78 is 0. The SMILES string of the molecule is C=CC[C@@H]1CCCC[C@H]1NC1CCCCC1. The predicted octanol–water partition coefficient (Wildman–Crippen LogP) is 4.04. The molecular weight excluding hydrogens is 194 g/mol. The van der Waals surface area contributed by atoms with Gasteiger partial charge in [-0.3, -0.25) is 0 Å². The van der Waals surface area contributed by atoms with Crippen LogP contribution in [0.3, 0.4) is 0 Å². The summed E-state index contributed by atoms with van der Waals surface area (Å²) >= 11 is 0. The fourth-order valence-electron chi connectivity index (χ4n) is 3.50. The molecule has 16 heavy (non-hydrogen) atoms. The van der Waals surface area contributed by atoms with Gasteiger partial charge in [-0.15, -0.1) is 6.58 Å². The zero-order valence-corrected chi connectivity index (χ0v) is 10.6. The van der Waals surface area contributed by atoms with Crippen molar-refractivity contribution in [2.75, 3.05) is 0 Å². The predicted molar refractivity (Wildman–Crippen MR) is 70.6 cm³/mol. The van der Waals surface area contributed by atoms with Gasteiger partial charge in [0.2, 0.25) is 0 Å². The molecule has 2 aliphatic carbocycles. The van der Waals surface area contributed by atoms with Crippen molar-refractivity contribution in [1.82, 2.24) is 5.32 Å². The van der Waals surface area contributed by atoms with Gasteiger partial charge in [0.05, 0.1) is 0 Å². The average molecular weight is 221 g/mol. The molecule has 2 saturated carbocycles. The summed E-state index contributed by atoms with van der Waals surface area (Å²) in [5.41, 5.74) is 0. The lowest BCUT2D eigenvalue weighted by Crippen LogP contribution is -2.45. The van der Waals surface area contributed by atoms with Crippen molar-refractivity contribution in [3.8, 4) is 0 Å². The Balaban J connectivity index is 1.82. The first kappa shape index (κ1) is 12.2. The minimum absolute atomic E-state index is 0.787. The molecule has 1 N–H and O–H groups in total. The van der Waals surface area contributed by atoms with Crippen molar-refractivity contribution >= 4 is 0 Å². The minimum Gasteiger partial charge on any atom is -0.311 e. The van der Waals surface area contributed by atoms with Crippen molar-refractivity contribution in [3.05, 3.63) is 12.7 Å². The highest BCUT2D eigenvalue weighted by Gasteiger charge is 2.26. The van der Waals surface area contributed by atoms with E-state index in [0.717, 1.165) is 18.0 Å². The third-order valence-electron chi connectivity index (χ3n) is 4.43. The van der Waals surface area contributed by atoms with Gasteiger partial charge in [0.25, 0.3) is 0 Å². The highest BCUT2D eigenvalue weighted by molar-refractivity contribution is 4.88. The average Bonchev–Trinajstić information content (AvgIpc) is 2.33. The molecule has 0 amide bonds. The highest BCUT2D eigenvalue weighted by atomic mass is 15.0. The van der Waals surface area contributed by atoms with E-state index >= 15 is 0 Å². The Kier molecular flexibility index (Phi) is 4.90. The first-order chi connectivity index (χ1) is 7.90. The maximum atomic E-state index is 3.94. The second-order valence-corrected chi connectivity index (χ2v) is 5.68. The van der Waals surface area contributed by atoms with Crippen LogP contribution in [0.25, 0.3) is 0 Å². The molecule has 2 atom stereocenters. The fraction of sp³-hybridized carbons (Fsp3) is 0.867. The largest absolute Gasteiger partial charge is 0.311 e. The van der Waals surface area contributed by atoms with Crippen LogP contribution < -0.4 is 5.32 Å². The lowest BCUT2D eigenvalue weighted by atomic mass is 9.81. The monoisotopic (exact) mass is 221 g/mol. The quantitative estimate of drug-likeness (QED) is 0.706. The molecule has 1 nitrogen and oxygen atoms in total. The van der Waals surface area contributed by atoms with Crippen LogP contribution in [0.2, 0.25) is 0 Å². The highest BCUT2D eigenvalue weighted by Crippen LogP contribution is 2.29. The molecule has 0 unspecified atom stereocenters. The summed E-state index contributed by atoms with van der Waals surface area (Å²) in [4.78, 5) is 0. The lowest BCUT2D eigenvalue weighted by molar-refractivity contribution is 0.223. The van der Waals surface area contributed by atoms with E-state index in [1.165, 1.54) is 64.2 Å². The van der Waals surface area contributed by atoms with E-state index in [4.69, 9.17) is 0 Å². The Morgan fingerprint density at radius 2 is 1.62 bits per heavy atom. The molecule has 2 fully saturated rings. The zero-order valence-electron chi connectivity index (χ0n) is 10.6. The van der Waals surface area contributed by atoms with Crippen LogP contribution in [0.4, 0.5) is 0 Å². The van der Waals surface area contributed by atoms with Crippen LogP contribution in [-0.2, 0) is 0 Å². The van der Waals surface area contributed by atoms with E-state index < -0.39 is 0 Å². The molecule has 0 radical (unpaired) electrons. The first-order valence-electron chi connectivity index (χ1n) is 7.27. The lowest BCUT2D eigenvalue weighted by Gasteiger charge is -2.36. The number of hydrogen-bond donors (Lipinski definition) is 1. The van der Waals surface area contributed by atoms with Crippen LogP contribution in [-0.4, -0.2) is 12.1 Å². The molecule has 2 aliphatic rings. The van der Waals surface area contributed by atoms with Crippen LogP contribution in [0.5, 0.6) is 0 Å². The molecule has 0 bridgehead atoms. The molecule has 0 aromatic rings. The number of rotatable bonds is 4. The summed E-state index contributed by atoms with van der Waals surface area (Å²) in [5, 5.41) is 3.94. The Hall–Kier alpha value is -0.300. The zero-order chi connectivity index (χ0) is 11.2. The van der Waals surface area contributed by atoms with Crippen molar-refractivity contribution < 1.29 is 0 Å². The Labute approximate surface area is 101 Å². The van der Waals surface area contributed by atoms with Crippen molar-refractivity contribution in [2.24, 2.45) is 5.92 Å². The molecule has 92 valence electrons. The van der Waals surface area contributed by atoms with E-state index in [1.807, 2.05) is 0 Å². The molecular formula is C15H27N. The standard InChI is InChI=1S/C15H27N/c1-2-8-13-9-6-7-12-15(13)16-14-10-4-3-5-11-14/h2,13-16H,1,3-12H2/t13-,15-/m1/s1. The maximum Gasteiger partial charge on any atom is 0.0101 e. The molecule has 0 saturated heterocycles. The Morgan fingerprint density at radius 1 is 0.938 bits per heavy atom. The van der Waals surface area contributed by atoms with Gasteiger partial charge in [-0.05, 0) is 38.0 Å². The second kappa shape index (κ2) is 6.44. The topological polar surface area (TPSA) is 12.0 Å². The van der Waals surface area contributed by atoms with E-state index in [1.54, 1.807) is 0 Å². The van der Waals surface area contributed by atoms with E-state index in [-0.39, 0.29) is 0 Å². The summed E-state index contributed by atoms with van der Waals surface area (Å²) in [6.07, 6.45) is 16.2. The van der Waals surface area contributed by atoms with Crippen molar-refractivity contribution in [1.29, 1.82) is 0 Å². The van der Waals surface area contributed by atoms with E-state index in [2.05, 4.69) is 18.0 Å².